The van der Waals surface area contributed by atoms with Gasteiger partial charge in [0.1, 0.15) is 12.4 Å². The predicted molar refractivity (Wildman–Crippen MR) is 77.1 cm³/mol. The summed E-state index contributed by atoms with van der Waals surface area (Å²) in [6.07, 6.45) is 0.747. The summed E-state index contributed by atoms with van der Waals surface area (Å²) >= 11 is 0. The van der Waals surface area contributed by atoms with Crippen LogP contribution in [0.4, 0.5) is 5.69 Å². The lowest BCUT2D eigenvalue weighted by Crippen LogP contribution is -2.33. The molecule has 0 saturated carbocycles. The van der Waals surface area contributed by atoms with Crippen molar-refractivity contribution >= 4 is 15.7 Å². The minimum absolute atomic E-state index is 0.00259. The second-order valence-electron chi connectivity index (χ2n) is 4.74. The van der Waals surface area contributed by atoms with Gasteiger partial charge in [-0.05, 0) is 30.7 Å². The first-order valence-corrected chi connectivity index (χ1v) is 8.11. The summed E-state index contributed by atoms with van der Waals surface area (Å²) < 4.78 is 36.3. The SMILES string of the molecule is COC1CCN(S(=O)(=O)CCOc2ccc(N)cc2)C1. The minimum atomic E-state index is -3.28. The summed E-state index contributed by atoms with van der Waals surface area (Å²) in [5, 5.41) is 0. The Bertz CT molecular complexity index is 530. The second kappa shape index (κ2) is 6.43. The molecule has 1 heterocycles. The predicted octanol–water partition coefficient (Wildman–Crippen LogP) is 0.698. The van der Waals surface area contributed by atoms with Gasteiger partial charge in [0.2, 0.25) is 10.0 Å². The topological polar surface area (TPSA) is 81.9 Å². The van der Waals surface area contributed by atoms with Crippen molar-refractivity contribution in [1.82, 2.24) is 4.31 Å². The Hall–Kier alpha value is -1.31. The zero-order valence-corrected chi connectivity index (χ0v) is 12.3. The molecule has 7 heteroatoms. The molecule has 1 aliphatic rings. The number of hydrogen-bond acceptors (Lipinski definition) is 5. The molecule has 1 fully saturated rings. The van der Waals surface area contributed by atoms with Crippen molar-refractivity contribution in [3.8, 4) is 5.75 Å². The van der Waals surface area contributed by atoms with Gasteiger partial charge in [-0.15, -0.1) is 0 Å². The third kappa shape index (κ3) is 3.84. The van der Waals surface area contributed by atoms with Gasteiger partial charge in [-0.2, -0.15) is 4.31 Å². The molecule has 0 aliphatic carbocycles. The highest BCUT2D eigenvalue weighted by atomic mass is 32.2. The van der Waals surface area contributed by atoms with Gasteiger partial charge in [-0.1, -0.05) is 0 Å². The molecule has 0 bridgehead atoms. The molecule has 1 unspecified atom stereocenters. The minimum Gasteiger partial charge on any atom is -0.492 e. The molecular formula is C13H20N2O4S. The van der Waals surface area contributed by atoms with Crippen LogP contribution in [0.15, 0.2) is 24.3 Å². The summed E-state index contributed by atoms with van der Waals surface area (Å²) in [4.78, 5) is 0. The van der Waals surface area contributed by atoms with E-state index in [0.717, 1.165) is 6.42 Å². The highest BCUT2D eigenvalue weighted by Gasteiger charge is 2.31. The Balaban J connectivity index is 1.82. The first kappa shape index (κ1) is 15.1. The van der Waals surface area contributed by atoms with E-state index in [1.165, 1.54) is 4.31 Å². The summed E-state index contributed by atoms with van der Waals surface area (Å²) in [5.74, 6) is 0.582. The van der Waals surface area contributed by atoms with Gasteiger partial charge >= 0.3 is 0 Å². The van der Waals surface area contributed by atoms with E-state index in [1.807, 2.05) is 0 Å². The van der Waals surface area contributed by atoms with E-state index < -0.39 is 10.0 Å². The fourth-order valence-electron chi connectivity index (χ4n) is 2.10. The van der Waals surface area contributed by atoms with Crippen molar-refractivity contribution in [2.45, 2.75) is 12.5 Å². The van der Waals surface area contributed by atoms with Crippen molar-refractivity contribution in [3.63, 3.8) is 0 Å². The van der Waals surface area contributed by atoms with Crippen LogP contribution < -0.4 is 10.5 Å². The first-order chi connectivity index (χ1) is 9.51. The normalized spacial score (nSPS) is 20.1. The van der Waals surface area contributed by atoms with Crippen LogP contribution in [0.1, 0.15) is 6.42 Å². The van der Waals surface area contributed by atoms with E-state index in [9.17, 15) is 8.42 Å². The largest absolute Gasteiger partial charge is 0.492 e. The Morgan fingerprint density at radius 2 is 2.05 bits per heavy atom. The number of methoxy groups -OCH3 is 1. The average molecular weight is 300 g/mol. The first-order valence-electron chi connectivity index (χ1n) is 6.50. The summed E-state index contributed by atoms with van der Waals surface area (Å²) in [7, 11) is -1.68. The number of hydrogen-bond donors (Lipinski definition) is 1. The number of nitrogens with two attached hydrogens (primary N) is 1. The molecule has 0 amide bonds. The summed E-state index contributed by atoms with van der Waals surface area (Å²) in [6.45, 7) is 1.07. The lowest BCUT2D eigenvalue weighted by atomic mass is 10.3. The molecule has 1 aromatic rings. The van der Waals surface area contributed by atoms with Crippen LogP contribution in [0.5, 0.6) is 5.75 Å². The van der Waals surface area contributed by atoms with Gasteiger partial charge in [-0.3, -0.25) is 0 Å². The monoisotopic (exact) mass is 300 g/mol. The number of nitrogens with zero attached hydrogens (tertiary/aromatic N) is 1. The molecule has 0 spiro atoms. The number of sulfonamides is 1. The van der Waals surface area contributed by atoms with Crippen molar-refractivity contribution in [1.29, 1.82) is 0 Å². The molecule has 2 N–H and O–H groups in total. The van der Waals surface area contributed by atoms with Crippen molar-refractivity contribution in [2.24, 2.45) is 0 Å². The van der Waals surface area contributed by atoms with Crippen LogP contribution in [0, 0.1) is 0 Å². The second-order valence-corrected chi connectivity index (χ2v) is 6.83. The van der Waals surface area contributed by atoms with E-state index in [1.54, 1.807) is 31.4 Å². The highest BCUT2D eigenvalue weighted by Crippen LogP contribution is 2.17. The Labute approximate surface area is 119 Å². The van der Waals surface area contributed by atoms with Crippen molar-refractivity contribution < 1.29 is 17.9 Å². The maximum Gasteiger partial charge on any atom is 0.217 e. The van der Waals surface area contributed by atoms with E-state index >= 15 is 0 Å². The smallest absolute Gasteiger partial charge is 0.217 e. The van der Waals surface area contributed by atoms with E-state index in [4.69, 9.17) is 15.2 Å². The molecule has 1 atom stereocenters. The molecule has 112 valence electrons. The van der Waals surface area contributed by atoms with E-state index in [2.05, 4.69) is 0 Å². The van der Waals surface area contributed by atoms with Gasteiger partial charge in [0, 0.05) is 25.9 Å². The fraction of sp³-hybridized carbons (Fsp3) is 0.538. The van der Waals surface area contributed by atoms with Crippen LogP contribution in [0.2, 0.25) is 0 Å². The Morgan fingerprint density at radius 3 is 2.65 bits per heavy atom. The Morgan fingerprint density at radius 1 is 1.35 bits per heavy atom. The molecular weight excluding hydrogens is 280 g/mol. The van der Waals surface area contributed by atoms with Gasteiger partial charge < -0.3 is 15.2 Å². The fourth-order valence-corrected chi connectivity index (χ4v) is 3.43. The average Bonchev–Trinajstić information content (AvgIpc) is 2.90. The summed E-state index contributed by atoms with van der Waals surface area (Å²) in [5.41, 5.74) is 6.21. The quantitative estimate of drug-likeness (QED) is 0.782. The van der Waals surface area contributed by atoms with Gasteiger partial charge in [0.15, 0.2) is 0 Å². The third-order valence-electron chi connectivity index (χ3n) is 3.32. The van der Waals surface area contributed by atoms with Crippen molar-refractivity contribution in [3.05, 3.63) is 24.3 Å². The summed E-state index contributed by atoms with van der Waals surface area (Å²) in [6, 6.07) is 6.87. The molecule has 0 radical (unpaired) electrons. The van der Waals surface area contributed by atoms with E-state index in [0.29, 0.717) is 24.5 Å². The van der Waals surface area contributed by atoms with Crippen LogP contribution in [-0.4, -0.2) is 51.4 Å². The molecule has 1 aromatic carbocycles. The lowest BCUT2D eigenvalue weighted by Gasteiger charge is -2.16. The maximum atomic E-state index is 12.1. The Kier molecular flexibility index (Phi) is 4.85. The molecule has 2 rings (SSSR count). The number of nitrogen functional groups attached to an aromatic ring is 1. The standard InChI is InChI=1S/C13H20N2O4S/c1-18-13-6-7-15(10-13)20(16,17)9-8-19-12-4-2-11(14)3-5-12/h2-5,13H,6-10,14H2,1H3. The van der Waals surface area contributed by atoms with Crippen LogP contribution in [-0.2, 0) is 14.8 Å². The van der Waals surface area contributed by atoms with Gasteiger partial charge in [-0.25, -0.2) is 8.42 Å². The van der Waals surface area contributed by atoms with Crippen LogP contribution in [0.25, 0.3) is 0 Å². The zero-order valence-electron chi connectivity index (χ0n) is 11.5. The van der Waals surface area contributed by atoms with Gasteiger partial charge in [0.25, 0.3) is 0 Å². The third-order valence-corrected chi connectivity index (χ3v) is 5.13. The zero-order chi connectivity index (χ0) is 14.6. The lowest BCUT2D eigenvalue weighted by molar-refractivity contribution is 0.115. The molecule has 0 aromatic heterocycles. The number of rotatable bonds is 6. The molecule has 6 nitrogen and oxygen atoms in total. The van der Waals surface area contributed by atoms with Crippen LogP contribution in [0.3, 0.4) is 0 Å². The number of benzene rings is 1. The highest BCUT2D eigenvalue weighted by molar-refractivity contribution is 7.89. The number of ether oxygens (including phenoxy) is 2. The molecule has 1 saturated heterocycles. The molecule has 1 aliphatic heterocycles. The number of anilines is 1. The van der Waals surface area contributed by atoms with Crippen LogP contribution >= 0.6 is 0 Å². The van der Waals surface area contributed by atoms with E-state index in [-0.39, 0.29) is 18.5 Å². The maximum absolute atomic E-state index is 12.1. The van der Waals surface area contributed by atoms with Crippen molar-refractivity contribution in [2.75, 3.05) is 38.3 Å². The van der Waals surface area contributed by atoms with Gasteiger partial charge in [0.05, 0.1) is 11.9 Å². The molecule has 20 heavy (non-hydrogen) atoms.